The van der Waals surface area contributed by atoms with Gasteiger partial charge in [0.05, 0.1) is 26.4 Å². The Bertz CT molecular complexity index is 2600. The smallest absolute Gasteiger partial charge is 0.295 e. The van der Waals surface area contributed by atoms with Crippen LogP contribution in [-0.2, 0) is 29.7 Å². The van der Waals surface area contributed by atoms with Crippen molar-refractivity contribution in [3.05, 3.63) is 108 Å². The monoisotopic (exact) mass is 880 g/mol. The Balaban J connectivity index is 1.06. The molecule has 0 amide bonds. The number of rotatable bonds is 14. The van der Waals surface area contributed by atoms with Gasteiger partial charge in [-0.05, 0) is 59.7 Å². The van der Waals surface area contributed by atoms with E-state index in [4.69, 9.17) is 9.47 Å². The van der Waals surface area contributed by atoms with Gasteiger partial charge in [0.15, 0.2) is 0 Å². The summed E-state index contributed by atoms with van der Waals surface area (Å²) in [7, 11) is -9.67. The number of para-hydroxylation sites is 2. The molecule has 0 atom stereocenters. The Kier molecular flexibility index (Phi) is 12.5. The summed E-state index contributed by atoms with van der Waals surface area (Å²) in [6, 6.07) is 26.8. The van der Waals surface area contributed by atoms with Crippen LogP contribution in [0.25, 0.3) is 12.2 Å². The molecule has 2 aromatic heterocycles. The first kappa shape index (κ1) is 41.9. The summed E-state index contributed by atoms with van der Waals surface area (Å²) < 4.78 is 82.5. The maximum Gasteiger partial charge on any atom is 0.295 e. The highest BCUT2D eigenvalue weighted by Gasteiger charge is 2.22. The number of benzene rings is 4. The van der Waals surface area contributed by atoms with Crippen molar-refractivity contribution in [1.82, 2.24) is 29.9 Å². The van der Waals surface area contributed by atoms with Crippen LogP contribution in [0.15, 0.2) is 107 Å². The van der Waals surface area contributed by atoms with Crippen molar-refractivity contribution in [3.8, 4) is 0 Å². The van der Waals surface area contributed by atoms with Crippen molar-refractivity contribution in [3.63, 3.8) is 0 Å². The Morgan fingerprint density at radius 3 is 1.15 bits per heavy atom. The fourth-order valence-corrected chi connectivity index (χ4v) is 7.87. The SMILES string of the molecule is O=S(=O)(O)c1cc(Nc2nc(Nc3ccccc3)nc(N3CCOCC3)n2)ccc1/C=C\c1ccc(Nc2nc(Nc3ccccc3)nc(N3CCOCC3)n2)cc1S(=O)(=O)O. The number of morpholine rings is 2. The quantitative estimate of drug-likeness (QED) is 0.0594. The first-order valence-electron chi connectivity index (χ1n) is 19.2. The first-order valence-corrected chi connectivity index (χ1v) is 22.1. The van der Waals surface area contributed by atoms with Gasteiger partial charge in [0, 0.05) is 48.9 Å². The van der Waals surface area contributed by atoms with Gasteiger partial charge in [0.2, 0.25) is 35.7 Å². The Morgan fingerprint density at radius 2 is 0.806 bits per heavy atom. The van der Waals surface area contributed by atoms with Crippen LogP contribution in [0.1, 0.15) is 11.1 Å². The normalized spacial score (nSPS) is 14.7. The summed E-state index contributed by atoms with van der Waals surface area (Å²) in [6.07, 6.45) is 2.60. The molecule has 20 nitrogen and oxygen atoms in total. The molecule has 2 fully saturated rings. The molecule has 0 bridgehead atoms. The van der Waals surface area contributed by atoms with E-state index in [0.717, 1.165) is 11.4 Å². The van der Waals surface area contributed by atoms with E-state index in [2.05, 4.69) is 51.2 Å². The number of hydrogen-bond donors (Lipinski definition) is 6. The van der Waals surface area contributed by atoms with Crippen molar-refractivity contribution in [2.75, 3.05) is 83.7 Å². The second-order valence-corrected chi connectivity index (χ2v) is 16.6. The predicted molar refractivity (Wildman–Crippen MR) is 233 cm³/mol. The average Bonchev–Trinajstić information content (AvgIpc) is 3.27. The number of ether oxygens (including phenoxy) is 2. The number of aromatic nitrogens is 6. The molecule has 320 valence electrons. The molecule has 22 heteroatoms. The van der Waals surface area contributed by atoms with E-state index in [-0.39, 0.29) is 46.3 Å². The van der Waals surface area contributed by atoms with E-state index < -0.39 is 30.0 Å². The lowest BCUT2D eigenvalue weighted by molar-refractivity contribution is 0.122. The highest BCUT2D eigenvalue weighted by atomic mass is 32.2. The topological polar surface area (TPSA) is 259 Å². The predicted octanol–water partition coefficient (Wildman–Crippen LogP) is 5.37. The molecule has 8 rings (SSSR count). The minimum Gasteiger partial charge on any atom is -0.378 e. The lowest BCUT2D eigenvalue weighted by Crippen LogP contribution is -2.37. The highest BCUT2D eigenvalue weighted by molar-refractivity contribution is 7.86. The van der Waals surface area contributed by atoms with E-state index in [1.165, 1.54) is 48.6 Å². The van der Waals surface area contributed by atoms with Gasteiger partial charge in [-0.25, -0.2) is 0 Å². The molecule has 0 saturated carbocycles. The van der Waals surface area contributed by atoms with E-state index in [0.29, 0.717) is 64.5 Å². The Labute approximate surface area is 356 Å². The number of nitrogens with zero attached hydrogens (tertiary/aromatic N) is 8. The van der Waals surface area contributed by atoms with Crippen LogP contribution in [0.5, 0.6) is 0 Å². The van der Waals surface area contributed by atoms with E-state index in [9.17, 15) is 25.9 Å². The third-order valence-corrected chi connectivity index (χ3v) is 11.3. The molecule has 6 aromatic rings. The molecule has 4 heterocycles. The maximum atomic E-state index is 12.7. The van der Waals surface area contributed by atoms with Gasteiger partial charge in [-0.1, -0.05) is 60.7 Å². The first-order chi connectivity index (χ1) is 29.9. The summed E-state index contributed by atoms with van der Waals surface area (Å²) in [5, 5.41) is 12.3. The van der Waals surface area contributed by atoms with Gasteiger partial charge in [-0.3, -0.25) is 9.11 Å². The van der Waals surface area contributed by atoms with Crippen molar-refractivity contribution in [2.24, 2.45) is 0 Å². The highest BCUT2D eigenvalue weighted by Crippen LogP contribution is 2.29. The third kappa shape index (κ3) is 10.7. The molecule has 6 N–H and O–H groups in total. The zero-order valence-electron chi connectivity index (χ0n) is 32.8. The van der Waals surface area contributed by atoms with Crippen LogP contribution in [0.2, 0.25) is 0 Å². The second kappa shape index (κ2) is 18.4. The van der Waals surface area contributed by atoms with Gasteiger partial charge in [-0.2, -0.15) is 46.7 Å². The van der Waals surface area contributed by atoms with Crippen LogP contribution in [0, 0.1) is 0 Å². The molecule has 0 aliphatic carbocycles. The molecule has 62 heavy (non-hydrogen) atoms. The minimum atomic E-state index is -4.83. The van der Waals surface area contributed by atoms with Crippen molar-refractivity contribution in [2.45, 2.75) is 9.79 Å². The summed E-state index contributed by atoms with van der Waals surface area (Å²) in [5.41, 5.74) is 1.92. The van der Waals surface area contributed by atoms with Crippen LogP contribution >= 0.6 is 0 Å². The standard InChI is InChI=1S/C40H40N12O8S2/c53-61(54,55)33-25-31(43-37-45-35(41-29-7-3-1-4-8-29)47-39(49-37)51-17-21-59-22-18-51)15-13-27(33)11-12-28-14-16-32(26-34(28)62(56,57)58)44-38-46-36(42-30-9-5-2-6-10-30)48-40(50-38)52-19-23-60-24-20-52/h1-16,25-26H,17-24H2,(H,53,54,55)(H,56,57,58)(H2,41,43,45,47,49)(H2,42,44,46,48,50)/b12-11-. The van der Waals surface area contributed by atoms with E-state index >= 15 is 0 Å². The van der Waals surface area contributed by atoms with Crippen molar-refractivity contribution < 1.29 is 35.4 Å². The molecule has 0 radical (unpaired) electrons. The fourth-order valence-electron chi connectivity index (χ4n) is 6.45. The molecular formula is C40H40N12O8S2. The lowest BCUT2D eigenvalue weighted by Gasteiger charge is -2.27. The summed E-state index contributed by atoms with van der Waals surface area (Å²) in [6.45, 7) is 4.13. The fraction of sp³-hybridized carbons (Fsp3) is 0.200. The maximum absolute atomic E-state index is 12.7. The van der Waals surface area contributed by atoms with Gasteiger partial charge in [-0.15, -0.1) is 0 Å². The number of anilines is 10. The van der Waals surface area contributed by atoms with Gasteiger partial charge < -0.3 is 40.5 Å². The van der Waals surface area contributed by atoms with Gasteiger partial charge in [0.25, 0.3) is 20.2 Å². The lowest BCUT2D eigenvalue weighted by atomic mass is 10.1. The van der Waals surface area contributed by atoms with Crippen molar-refractivity contribution in [1.29, 1.82) is 0 Å². The largest absolute Gasteiger partial charge is 0.378 e. The van der Waals surface area contributed by atoms with Crippen LogP contribution in [0.3, 0.4) is 0 Å². The molecule has 2 aliphatic rings. The van der Waals surface area contributed by atoms with Crippen molar-refractivity contribution >= 4 is 90.8 Å². The minimum absolute atomic E-state index is 0.0110. The zero-order chi connectivity index (χ0) is 43.1. The number of hydrogen-bond acceptors (Lipinski definition) is 18. The van der Waals surface area contributed by atoms with E-state index in [1.807, 2.05) is 70.5 Å². The molecule has 4 aromatic carbocycles. The summed E-state index contributed by atoms with van der Waals surface area (Å²) in [5.74, 6) is 1.38. The molecule has 2 aliphatic heterocycles. The zero-order valence-corrected chi connectivity index (χ0v) is 34.4. The van der Waals surface area contributed by atoms with Crippen LogP contribution in [0.4, 0.5) is 58.4 Å². The molecule has 2 saturated heterocycles. The summed E-state index contributed by atoms with van der Waals surface area (Å²) >= 11 is 0. The molecule has 0 spiro atoms. The Morgan fingerprint density at radius 1 is 0.468 bits per heavy atom. The third-order valence-electron chi connectivity index (χ3n) is 9.43. The summed E-state index contributed by atoms with van der Waals surface area (Å²) in [4.78, 5) is 30.1. The average molecular weight is 881 g/mol. The second-order valence-electron chi connectivity index (χ2n) is 13.8. The molecular weight excluding hydrogens is 841 g/mol. The van der Waals surface area contributed by atoms with Crippen LogP contribution < -0.4 is 31.1 Å². The Hall–Kier alpha value is -6.82. The van der Waals surface area contributed by atoms with E-state index in [1.54, 1.807) is 0 Å². The van der Waals surface area contributed by atoms with Gasteiger partial charge in [0.1, 0.15) is 9.79 Å². The van der Waals surface area contributed by atoms with Crippen LogP contribution in [-0.4, -0.2) is 108 Å². The number of nitrogens with one attached hydrogen (secondary N) is 4. The molecule has 0 unspecified atom stereocenters. The van der Waals surface area contributed by atoms with Gasteiger partial charge >= 0.3 is 0 Å².